The maximum absolute atomic E-state index is 14.1. The van der Waals surface area contributed by atoms with E-state index in [4.69, 9.17) is 14.2 Å². The third-order valence-corrected chi connectivity index (χ3v) is 8.72. The monoisotopic (exact) mass is 619 g/mol. The average molecular weight is 620 g/mol. The summed E-state index contributed by atoms with van der Waals surface area (Å²) in [6, 6.07) is 17.7. The number of benzene rings is 3. The minimum atomic E-state index is -1.11. The lowest BCUT2D eigenvalue weighted by atomic mass is 9.95. The number of aliphatic hydroxyl groups excluding tert-OH is 1. The van der Waals surface area contributed by atoms with Crippen LogP contribution in [0.4, 0.5) is 9.52 Å². The van der Waals surface area contributed by atoms with Gasteiger partial charge in [0, 0.05) is 5.75 Å². The van der Waals surface area contributed by atoms with Gasteiger partial charge in [-0.3, -0.25) is 14.5 Å². The number of anilines is 1. The Labute approximate surface area is 255 Å². The molecule has 3 aromatic carbocycles. The number of ketones is 1. The largest absolute Gasteiger partial charge is 0.503 e. The topological polar surface area (TPSA) is 111 Å². The van der Waals surface area contributed by atoms with Crippen LogP contribution in [0.25, 0.3) is 6.08 Å². The van der Waals surface area contributed by atoms with Crippen molar-refractivity contribution in [3.05, 3.63) is 107 Å². The molecule has 0 aliphatic carbocycles. The number of hydrogen-bond acceptors (Lipinski definition) is 10. The number of aromatic nitrogens is 2. The number of ether oxygens (including phenoxy) is 3. The van der Waals surface area contributed by atoms with E-state index in [1.165, 1.54) is 50.1 Å². The lowest BCUT2D eigenvalue weighted by Crippen LogP contribution is -2.31. The van der Waals surface area contributed by atoms with Crippen molar-refractivity contribution < 1.29 is 33.3 Å². The molecule has 4 aromatic rings. The van der Waals surface area contributed by atoms with Gasteiger partial charge >= 0.3 is 0 Å². The molecular weight excluding hydrogens is 593 g/mol. The van der Waals surface area contributed by atoms with Crippen LogP contribution >= 0.6 is 23.1 Å². The molecule has 5 rings (SSSR count). The molecule has 0 spiro atoms. The molecule has 1 amide bonds. The van der Waals surface area contributed by atoms with Crippen LogP contribution < -0.4 is 19.1 Å². The Balaban J connectivity index is 1.55. The number of aliphatic hydroxyl groups is 1. The first kappa shape index (κ1) is 29.8. The third kappa shape index (κ3) is 6.11. The number of nitrogens with zero attached hydrogens (tertiary/aromatic N) is 3. The summed E-state index contributed by atoms with van der Waals surface area (Å²) in [5.41, 5.74) is 1.51. The van der Waals surface area contributed by atoms with Crippen molar-refractivity contribution in [2.75, 3.05) is 26.2 Å². The molecule has 1 aliphatic heterocycles. The second-order valence-electron chi connectivity index (χ2n) is 9.14. The maximum Gasteiger partial charge on any atom is 0.296 e. The van der Waals surface area contributed by atoms with E-state index in [9.17, 15) is 19.1 Å². The van der Waals surface area contributed by atoms with Gasteiger partial charge in [0.15, 0.2) is 27.4 Å². The summed E-state index contributed by atoms with van der Waals surface area (Å²) >= 11 is 2.33. The third-order valence-electron chi connectivity index (χ3n) is 6.61. The Morgan fingerprint density at radius 3 is 2.35 bits per heavy atom. The van der Waals surface area contributed by atoms with Gasteiger partial charge in [-0.1, -0.05) is 77.7 Å². The molecule has 9 nitrogen and oxygen atoms in total. The van der Waals surface area contributed by atoms with Crippen molar-refractivity contribution in [2.45, 2.75) is 16.1 Å². The molecule has 1 atom stereocenters. The zero-order valence-corrected chi connectivity index (χ0v) is 24.9. The fourth-order valence-corrected chi connectivity index (χ4v) is 6.42. The van der Waals surface area contributed by atoms with E-state index in [0.29, 0.717) is 38.5 Å². The highest BCUT2D eigenvalue weighted by Gasteiger charge is 2.46. The molecule has 43 heavy (non-hydrogen) atoms. The Kier molecular flexibility index (Phi) is 9.07. The number of rotatable bonds is 11. The van der Waals surface area contributed by atoms with Crippen molar-refractivity contribution in [1.82, 2.24) is 10.2 Å². The zero-order valence-electron chi connectivity index (χ0n) is 23.3. The Bertz CT molecular complexity index is 1700. The second kappa shape index (κ2) is 13.1. The van der Waals surface area contributed by atoms with Gasteiger partial charge in [0.1, 0.15) is 5.82 Å². The van der Waals surface area contributed by atoms with Gasteiger partial charge < -0.3 is 19.3 Å². The highest BCUT2D eigenvalue weighted by Crippen LogP contribution is 2.47. The fourth-order valence-electron chi connectivity index (χ4n) is 4.57. The highest BCUT2D eigenvalue weighted by atomic mass is 32.2. The normalized spacial score (nSPS) is 14.9. The number of methoxy groups -OCH3 is 3. The van der Waals surface area contributed by atoms with Crippen LogP contribution in [0.15, 0.2) is 88.5 Å². The minimum absolute atomic E-state index is 0.140. The first-order valence-electron chi connectivity index (χ1n) is 12.9. The van der Waals surface area contributed by atoms with Crippen LogP contribution in [-0.4, -0.2) is 48.3 Å². The molecule has 12 heteroatoms. The lowest BCUT2D eigenvalue weighted by Gasteiger charge is -2.25. The van der Waals surface area contributed by atoms with Gasteiger partial charge in [-0.25, -0.2) is 4.39 Å². The van der Waals surface area contributed by atoms with E-state index < -0.39 is 23.5 Å². The molecule has 0 saturated carbocycles. The number of halogens is 1. The molecule has 2 heterocycles. The predicted octanol–water partition coefficient (Wildman–Crippen LogP) is 6.18. The molecule has 1 aromatic heterocycles. The van der Waals surface area contributed by atoms with Crippen LogP contribution in [-0.2, 0) is 15.3 Å². The first-order valence-corrected chi connectivity index (χ1v) is 14.7. The van der Waals surface area contributed by atoms with Gasteiger partial charge in [0.25, 0.3) is 5.91 Å². The molecule has 220 valence electrons. The van der Waals surface area contributed by atoms with Crippen molar-refractivity contribution in [2.24, 2.45) is 0 Å². The highest BCUT2D eigenvalue weighted by molar-refractivity contribution is 8.00. The molecule has 1 unspecified atom stereocenters. The molecule has 0 fully saturated rings. The number of carbonyl (C=O) groups is 2. The Hall–Kier alpha value is -4.68. The second-order valence-corrected chi connectivity index (χ2v) is 11.3. The summed E-state index contributed by atoms with van der Waals surface area (Å²) < 4.78 is 31.1. The van der Waals surface area contributed by atoms with Crippen molar-refractivity contribution in [3.63, 3.8) is 0 Å². The molecule has 1 N–H and O–H groups in total. The smallest absolute Gasteiger partial charge is 0.296 e. The maximum atomic E-state index is 14.1. The number of carbonyl (C=O) groups excluding carboxylic acids is 2. The van der Waals surface area contributed by atoms with Crippen molar-refractivity contribution >= 4 is 46.0 Å². The predicted molar refractivity (Wildman–Crippen MR) is 162 cm³/mol. The molecule has 0 radical (unpaired) electrons. The van der Waals surface area contributed by atoms with Gasteiger partial charge in [-0.15, -0.1) is 10.2 Å². The number of hydrogen-bond donors (Lipinski definition) is 1. The molecule has 0 bridgehead atoms. The number of allylic oxidation sites excluding steroid dienone is 1. The quantitative estimate of drug-likeness (QED) is 0.120. The van der Waals surface area contributed by atoms with Crippen LogP contribution in [0.2, 0.25) is 0 Å². The molecule has 0 saturated heterocycles. The summed E-state index contributed by atoms with van der Waals surface area (Å²) in [7, 11) is 4.36. The summed E-state index contributed by atoms with van der Waals surface area (Å²) in [5, 5.41) is 19.6. The molecule has 1 aliphatic rings. The summed E-state index contributed by atoms with van der Waals surface area (Å²) in [6.45, 7) is 0. The Morgan fingerprint density at radius 1 is 1.02 bits per heavy atom. The Morgan fingerprint density at radius 2 is 1.70 bits per heavy atom. The van der Waals surface area contributed by atoms with E-state index in [1.54, 1.807) is 36.4 Å². The lowest BCUT2D eigenvalue weighted by molar-refractivity contribution is -0.117. The van der Waals surface area contributed by atoms with E-state index in [1.807, 2.05) is 30.3 Å². The van der Waals surface area contributed by atoms with Crippen LogP contribution in [0.3, 0.4) is 0 Å². The van der Waals surface area contributed by atoms with E-state index in [2.05, 4.69) is 10.2 Å². The summed E-state index contributed by atoms with van der Waals surface area (Å²) in [5.74, 6) is -1.25. The van der Waals surface area contributed by atoms with Crippen LogP contribution in [0, 0.1) is 5.82 Å². The van der Waals surface area contributed by atoms with Crippen molar-refractivity contribution in [3.8, 4) is 17.2 Å². The van der Waals surface area contributed by atoms with E-state index in [0.717, 1.165) is 16.9 Å². The first-order chi connectivity index (χ1) is 20.9. The van der Waals surface area contributed by atoms with Gasteiger partial charge in [0.05, 0.1) is 32.9 Å². The van der Waals surface area contributed by atoms with Gasteiger partial charge in [-0.2, -0.15) is 0 Å². The zero-order chi connectivity index (χ0) is 30.5. The summed E-state index contributed by atoms with van der Waals surface area (Å²) in [6.07, 6.45) is 2.91. The number of thioether (sulfide) groups is 1. The SMILES string of the molecule is COc1cc(C2C(C(=O)C=Cc3ccccc3)=C(O)C(=O)N2c2nnc(SCc3ccccc3F)s2)cc(OC)c1OC. The van der Waals surface area contributed by atoms with Crippen molar-refractivity contribution in [1.29, 1.82) is 0 Å². The number of amides is 1. The van der Waals surface area contributed by atoms with E-state index in [-0.39, 0.29) is 16.5 Å². The minimum Gasteiger partial charge on any atom is -0.503 e. The summed E-state index contributed by atoms with van der Waals surface area (Å²) in [4.78, 5) is 28.4. The fraction of sp³-hybridized carbons (Fsp3) is 0.161. The van der Waals surface area contributed by atoms with Crippen LogP contribution in [0.1, 0.15) is 22.7 Å². The average Bonchev–Trinajstić information content (AvgIpc) is 3.60. The van der Waals surface area contributed by atoms with Gasteiger partial charge in [-0.05, 0) is 41.0 Å². The van der Waals surface area contributed by atoms with E-state index >= 15 is 0 Å². The van der Waals surface area contributed by atoms with Gasteiger partial charge in [0.2, 0.25) is 10.9 Å². The standard InChI is InChI=1S/C31H26FN3O6S2/c1-39-23-15-20(16-24(40-2)28(23)41-3)26-25(22(36)14-13-18-9-5-4-6-10-18)27(37)29(38)35(26)30-33-34-31(43-30)42-17-19-11-7-8-12-21(19)32/h4-16,26,37H,17H2,1-3H3. The van der Waals surface area contributed by atoms with Crippen LogP contribution in [0.5, 0.6) is 17.2 Å². The molecular formula is C31H26FN3O6S2.